The molecule has 1 aliphatic heterocycles. The smallest absolute Gasteiger partial charge is 0.338 e. The number of carbonyl (C=O) groups is 2. The van der Waals surface area contributed by atoms with Gasteiger partial charge >= 0.3 is 12.0 Å². The third kappa shape index (κ3) is 2.69. The number of phenolic OH excluding ortho intramolecular Hbond substituents is 2. The molecule has 0 saturated carbocycles. The molecule has 22 heavy (non-hydrogen) atoms. The van der Waals surface area contributed by atoms with Crippen molar-refractivity contribution >= 4 is 12.0 Å². The summed E-state index contributed by atoms with van der Waals surface area (Å²) in [6.07, 6.45) is 0. The number of urea groups is 1. The van der Waals surface area contributed by atoms with Crippen molar-refractivity contribution in [3.63, 3.8) is 0 Å². The first-order valence-corrected chi connectivity index (χ1v) is 6.80. The number of hydrogen-bond acceptors (Lipinski definition) is 5. The monoisotopic (exact) mass is 306 g/mol. The Kier molecular flexibility index (Phi) is 4.25. The van der Waals surface area contributed by atoms with Gasteiger partial charge in [-0.2, -0.15) is 0 Å². The average molecular weight is 306 g/mol. The fraction of sp³-hybridized carbons (Fsp3) is 0.333. The summed E-state index contributed by atoms with van der Waals surface area (Å²) < 4.78 is 5.04. The van der Waals surface area contributed by atoms with E-state index in [4.69, 9.17) is 4.74 Å². The Hall–Kier alpha value is -2.70. The first-order valence-electron chi connectivity index (χ1n) is 6.80. The zero-order valence-corrected chi connectivity index (χ0v) is 12.6. The summed E-state index contributed by atoms with van der Waals surface area (Å²) in [6.45, 7) is 3.52. The highest BCUT2D eigenvalue weighted by Gasteiger charge is 2.36. The fourth-order valence-electron chi connectivity index (χ4n) is 2.32. The number of amides is 2. The molecule has 1 unspecified atom stereocenters. The van der Waals surface area contributed by atoms with Gasteiger partial charge in [-0.15, -0.1) is 0 Å². The number of nitrogens with one attached hydrogen (secondary N) is 1. The summed E-state index contributed by atoms with van der Waals surface area (Å²) in [5.74, 6) is -0.896. The van der Waals surface area contributed by atoms with Gasteiger partial charge in [0, 0.05) is 24.4 Å². The third-order valence-corrected chi connectivity index (χ3v) is 3.57. The summed E-state index contributed by atoms with van der Waals surface area (Å²) in [7, 11) is 1.54. The molecular weight excluding hydrogens is 288 g/mol. The molecule has 0 aromatic heterocycles. The number of ether oxygens (including phenoxy) is 1. The summed E-state index contributed by atoms with van der Waals surface area (Å²) in [6, 6.07) is 2.73. The Balaban J connectivity index is 2.55. The lowest BCUT2D eigenvalue weighted by Crippen LogP contribution is -2.46. The van der Waals surface area contributed by atoms with E-state index in [2.05, 4.69) is 5.32 Å². The molecule has 118 valence electrons. The number of esters is 1. The molecule has 7 heteroatoms. The zero-order valence-electron chi connectivity index (χ0n) is 12.6. The van der Waals surface area contributed by atoms with Crippen LogP contribution in [0.25, 0.3) is 0 Å². The maximum atomic E-state index is 12.2. The van der Waals surface area contributed by atoms with E-state index in [1.807, 2.05) is 0 Å². The number of benzene rings is 1. The van der Waals surface area contributed by atoms with E-state index < -0.39 is 18.0 Å². The maximum absolute atomic E-state index is 12.2. The average Bonchev–Trinajstić information content (AvgIpc) is 2.44. The molecule has 3 N–H and O–H groups in total. The lowest BCUT2D eigenvalue weighted by molar-refractivity contribution is -0.139. The molecule has 0 saturated heterocycles. The van der Waals surface area contributed by atoms with Crippen LogP contribution in [-0.2, 0) is 9.53 Å². The normalized spacial score (nSPS) is 18.2. The Morgan fingerprint density at radius 2 is 2.09 bits per heavy atom. The van der Waals surface area contributed by atoms with Crippen LogP contribution in [0.4, 0.5) is 4.79 Å². The van der Waals surface area contributed by atoms with Crippen LogP contribution in [0, 0.1) is 0 Å². The number of nitrogens with zero attached hydrogens (tertiary/aromatic N) is 1. The Morgan fingerprint density at radius 1 is 1.41 bits per heavy atom. The number of allylic oxidation sites excluding steroid dienone is 1. The van der Waals surface area contributed by atoms with Gasteiger partial charge in [-0.3, -0.25) is 0 Å². The second kappa shape index (κ2) is 5.97. The van der Waals surface area contributed by atoms with Gasteiger partial charge in [-0.1, -0.05) is 0 Å². The Bertz CT molecular complexity index is 653. The van der Waals surface area contributed by atoms with Crippen molar-refractivity contribution in [2.75, 3.05) is 13.7 Å². The van der Waals surface area contributed by atoms with Crippen molar-refractivity contribution < 1.29 is 24.5 Å². The van der Waals surface area contributed by atoms with Crippen LogP contribution in [0.2, 0.25) is 0 Å². The van der Waals surface area contributed by atoms with Crippen molar-refractivity contribution in [1.82, 2.24) is 10.2 Å². The number of phenols is 2. The molecule has 1 aromatic carbocycles. The van der Waals surface area contributed by atoms with Crippen molar-refractivity contribution in [2.45, 2.75) is 19.9 Å². The lowest BCUT2D eigenvalue weighted by atomic mass is 9.94. The minimum atomic E-state index is -0.844. The summed E-state index contributed by atoms with van der Waals surface area (Å²) in [4.78, 5) is 25.5. The first-order chi connectivity index (χ1) is 10.4. The van der Waals surface area contributed by atoms with Crippen LogP contribution in [0.1, 0.15) is 25.5 Å². The molecule has 2 amide bonds. The van der Waals surface area contributed by atoms with Gasteiger partial charge < -0.3 is 25.2 Å². The highest BCUT2D eigenvalue weighted by Crippen LogP contribution is 2.36. The summed E-state index contributed by atoms with van der Waals surface area (Å²) in [5.41, 5.74) is 0.992. The molecule has 2 rings (SSSR count). The maximum Gasteiger partial charge on any atom is 0.338 e. The fourth-order valence-corrected chi connectivity index (χ4v) is 2.32. The molecule has 1 atom stereocenters. The van der Waals surface area contributed by atoms with E-state index in [1.165, 1.54) is 24.1 Å². The third-order valence-electron chi connectivity index (χ3n) is 3.57. The molecule has 0 radical (unpaired) electrons. The standard InChI is InChI=1S/C15H18N2O5/c1-4-22-14(20)12-8(2)17(3)15(21)16-13(12)10-6-5-9(18)7-11(10)19/h5-7,13,18-19H,4H2,1-3H3,(H,16,21). The number of rotatable bonds is 3. The number of aromatic hydroxyl groups is 2. The zero-order chi connectivity index (χ0) is 16.4. The second-order valence-electron chi connectivity index (χ2n) is 4.90. The van der Waals surface area contributed by atoms with Crippen LogP contribution >= 0.6 is 0 Å². The molecule has 0 aliphatic carbocycles. The number of hydrogen-bond donors (Lipinski definition) is 3. The van der Waals surface area contributed by atoms with Gasteiger partial charge in [0.15, 0.2) is 0 Å². The Morgan fingerprint density at radius 3 is 2.68 bits per heavy atom. The van der Waals surface area contributed by atoms with Gasteiger partial charge in [-0.05, 0) is 26.0 Å². The first kappa shape index (κ1) is 15.7. The SMILES string of the molecule is CCOC(=O)C1=C(C)N(C)C(=O)NC1c1ccc(O)cc1O. The van der Waals surface area contributed by atoms with E-state index in [0.29, 0.717) is 11.3 Å². The van der Waals surface area contributed by atoms with Crippen molar-refractivity contribution in [2.24, 2.45) is 0 Å². The highest BCUT2D eigenvalue weighted by molar-refractivity contribution is 5.95. The van der Waals surface area contributed by atoms with Crippen LogP contribution in [-0.4, -0.2) is 40.8 Å². The molecule has 1 heterocycles. The van der Waals surface area contributed by atoms with Crippen LogP contribution in [0.3, 0.4) is 0 Å². The number of carbonyl (C=O) groups excluding carboxylic acids is 2. The minimum Gasteiger partial charge on any atom is -0.508 e. The molecular formula is C15H18N2O5. The minimum absolute atomic E-state index is 0.112. The Labute approximate surface area is 127 Å². The van der Waals surface area contributed by atoms with E-state index in [9.17, 15) is 19.8 Å². The predicted octanol–water partition coefficient (Wildman–Crippen LogP) is 1.63. The lowest BCUT2D eigenvalue weighted by Gasteiger charge is -2.33. The summed E-state index contributed by atoms with van der Waals surface area (Å²) in [5, 5.41) is 22.0. The van der Waals surface area contributed by atoms with E-state index in [-0.39, 0.29) is 23.7 Å². The van der Waals surface area contributed by atoms with Crippen LogP contribution in [0.15, 0.2) is 29.5 Å². The van der Waals surface area contributed by atoms with Gasteiger partial charge in [0.25, 0.3) is 0 Å². The van der Waals surface area contributed by atoms with Crippen molar-refractivity contribution in [3.8, 4) is 11.5 Å². The van der Waals surface area contributed by atoms with E-state index in [0.717, 1.165) is 6.07 Å². The predicted molar refractivity (Wildman–Crippen MR) is 78.1 cm³/mol. The van der Waals surface area contributed by atoms with Crippen molar-refractivity contribution in [3.05, 3.63) is 35.0 Å². The topological polar surface area (TPSA) is 99.1 Å². The van der Waals surface area contributed by atoms with Gasteiger partial charge in [0.1, 0.15) is 11.5 Å². The summed E-state index contributed by atoms with van der Waals surface area (Å²) >= 11 is 0. The van der Waals surface area contributed by atoms with Gasteiger partial charge in [-0.25, -0.2) is 9.59 Å². The molecule has 0 bridgehead atoms. The van der Waals surface area contributed by atoms with E-state index in [1.54, 1.807) is 13.8 Å². The molecule has 7 nitrogen and oxygen atoms in total. The van der Waals surface area contributed by atoms with Gasteiger partial charge in [0.2, 0.25) is 0 Å². The quantitative estimate of drug-likeness (QED) is 0.737. The largest absolute Gasteiger partial charge is 0.508 e. The van der Waals surface area contributed by atoms with Gasteiger partial charge in [0.05, 0.1) is 18.2 Å². The van der Waals surface area contributed by atoms with E-state index >= 15 is 0 Å². The van der Waals surface area contributed by atoms with Crippen LogP contribution < -0.4 is 5.32 Å². The van der Waals surface area contributed by atoms with Crippen LogP contribution in [0.5, 0.6) is 11.5 Å². The van der Waals surface area contributed by atoms with Crippen molar-refractivity contribution in [1.29, 1.82) is 0 Å². The highest BCUT2D eigenvalue weighted by atomic mass is 16.5. The molecule has 0 spiro atoms. The molecule has 1 aromatic rings. The molecule has 1 aliphatic rings. The molecule has 0 fully saturated rings. The second-order valence-corrected chi connectivity index (χ2v) is 4.90.